The van der Waals surface area contributed by atoms with Crippen LogP contribution in [0.15, 0.2) is 0 Å². The standard InChI is InChI=1S/C19H34O6/c1-8-14(20)25-17(18(23)24-10-9-19(5,6)7)16(22)15(21)13(4)11-12(2)3/h12-13,15-18,21-23H,8,11H2,1-7H3. The first kappa shape index (κ1) is 23.7. The smallest absolute Gasteiger partial charge is 0.306 e. The molecule has 0 aliphatic heterocycles. The molecule has 5 atom stereocenters. The molecule has 25 heavy (non-hydrogen) atoms. The van der Waals surface area contributed by atoms with Gasteiger partial charge in [0, 0.05) is 11.8 Å². The minimum absolute atomic E-state index is 0.0707. The lowest BCUT2D eigenvalue weighted by Crippen LogP contribution is -2.49. The van der Waals surface area contributed by atoms with Gasteiger partial charge in [0.1, 0.15) is 12.2 Å². The van der Waals surface area contributed by atoms with Crippen LogP contribution in [-0.4, -0.2) is 45.9 Å². The second-order valence-electron chi connectivity index (χ2n) is 7.88. The summed E-state index contributed by atoms with van der Waals surface area (Å²) in [6.45, 7) is 13.0. The molecule has 0 rings (SSSR count). The molecular weight excluding hydrogens is 324 g/mol. The Morgan fingerprint density at radius 1 is 1.08 bits per heavy atom. The van der Waals surface area contributed by atoms with Gasteiger partial charge < -0.3 is 24.8 Å². The lowest BCUT2D eigenvalue weighted by Gasteiger charge is -2.32. The van der Waals surface area contributed by atoms with Crippen molar-refractivity contribution in [3.05, 3.63) is 0 Å². The number of esters is 1. The maximum atomic E-state index is 11.6. The molecule has 0 amide bonds. The normalized spacial score (nSPS) is 17.7. The van der Waals surface area contributed by atoms with E-state index in [1.54, 1.807) is 13.8 Å². The van der Waals surface area contributed by atoms with Gasteiger partial charge in [0.05, 0.1) is 6.10 Å². The van der Waals surface area contributed by atoms with Crippen LogP contribution in [0.5, 0.6) is 0 Å². The van der Waals surface area contributed by atoms with Crippen LogP contribution in [0.2, 0.25) is 0 Å². The Kier molecular flexibility index (Phi) is 10.1. The average Bonchev–Trinajstić information content (AvgIpc) is 2.48. The Bertz CT molecular complexity index is 457. The molecule has 0 spiro atoms. The Morgan fingerprint density at radius 2 is 1.64 bits per heavy atom. The number of ether oxygens (including phenoxy) is 2. The fourth-order valence-corrected chi connectivity index (χ4v) is 2.26. The number of hydrogen-bond donors (Lipinski definition) is 3. The number of hydrogen-bond acceptors (Lipinski definition) is 6. The molecule has 0 aromatic rings. The van der Waals surface area contributed by atoms with Crippen LogP contribution < -0.4 is 0 Å². The van der Waals surface area contributed by atoms with Crippen molar-refractivity contribution in [3.63, 3.8) is 0 Å². The molecule has 0 aliphatic rings. The molecule has 0 radical (unpaired) electrons. The summed E-state index contributed by atoms with van der Waals surface area (Å²) in [6.07, 6.45) is -2.64. The van der Waals surface area contributed by atoms with E-state index in [0.717, 1.165) is 0 Å². The zero-order valence-electron chi connectivity index (χ0n) is 16.4. The number of carbonyl (C=O) groups excluding carboxylic acids is 1. The van der Waals surface area contributed by atoms with E-state index in [1.807, 2.05) is 34.6 Å². The van der Waals surface area contributed by atoms with Gasteiger partial charge in [-0.05, 0) is 39.0 Å². The minimum atomic E-state index is -1.67. The van der Waals surface area contributed by atoms with Crippen LogP contribution in [0, 0.1) is 29.3 Å². The number of carbonyl (C=O) groups is 1. The fraction of sp³-hybridized carbons (Fsp3) is 0.842. The molecule has 5 unspecified atom stereocenters. The zero-order chi connectivity index (χ0) is 19.8. The van der Waals surface area contributed by atoms with Crippen molar-refractivity contribution in [3.8, 4) is 12.0 Å². The topological polar surface area (TPSA) is 96.2 Å². The van der Waals surface area contributed by atoms with Crippen molar-refractivity contribution < 1.29 is 29.6 Å². The summed E-state index contributed by atoms with van der Waals surface area (Å²) in [5.74, 6) is 2.24. The number of aliphatic hydroxyl groups is 3. The molecule has 0 saturated heterocycles. The minimum Gasteiger partial charge on any atom is -0.453 e. The molecule has 6 heteroatoms. The maximum Gasteiger partial charge on any atom is 0.306 e. The van der Waals surface area contributed by atoms with E-state index >= 15 is 0 Å². The largest absolute Gasteiger partial charge is 0.453 e. The van der Waals surface area contributed by atoms with E-state index < -0.39 is 30.6 Å². The lowest BCUT2D eigenvalue weighted by atomic mass is 9.89. The molecular formula is C19H34O6. The first-order valence-electron chi connectivity index (χ1n) is 8.80. The summed E-state index contributed by atoms with van der Waals surface area (Å²) in [6, 6.07) is 0. The molecule has 0 aromatic heterocycles. The Balaban J connectivity index is 5.18. The monoisotopic (exact) mass is 358 g/mol. The third-order valence-electron chi connectivity index (χ3n) is 3.56. The van der Waals surface area contributed by atoms with E-state index in [2.05, 4.69) is 12.0 Å². The van der Waals surface area contributed by atoms with Crippen LogP contribution in [0.1, 0.15) is 61.3 Å². The van der Waals surface area contributed by atoms with Crippen molar-refractivity contribution in [1.82, 2.24) is 0 Å². The quantitative estimate of drug-likeness (QED) is 0.332. The van der Waals surface area contributed by atoms with Gasteiger partial charge >= 0.3 is 5.97 Å². The molecule has 3 N–H and O–H groups in total. The van der Waals surface area contributed by atoms with Crippen molar-refractivity contribution in [2.24, 2.45) is 17.3 Å². The lowest BCUT2D eigenvalue weighted by molar-refractivity contribution is -0.206. The van der Waals surface area contributed by atoms with Gasteiger partial charge in [-0.3, -0.25) is 4.79 Å². The molecule has 0 fully saturated rings. The van der Waals surface area contributed by atoms with Crippen molar-refractivity contribution in [2.45, 2.75) is 85.9 Å². The van der Waals surface area contributed by atoms with Crippen molar-refractivity contribution >= 4 is 5.97 Å². The van der Waals surface area contributed by atoms with Crippen molar-refractivity contribution in [2.75, 3.05) is 0 Å². The van der Waals surface area contributed by atoms with E-state index in [0.29, 0.717) is 12.3 Å². The van der Waals surface area contributed by atoms with Gasteiger partial charge in [-0.1, -0.05) is 33.6 Å². The maximum absolute atomic E-state index is 11.6. The third kappa shape index (κ3) is 9.69. The Hall–Kier alpha value is -1.29. The van der Waals surface area contributed by atoms with Crippen LogP contribution in [0.3, 0.4) is 0 Å². The van der Waals surface area contributed by atoms with Gasteiger partial charge in [0.25, 0.3) is 0 Å². The van der Waals surface area contributed by atoms with Gasteiger partial charge in [0.2, 0.25) is 6.29 Å². The predicted octanol–water partition coefficient (Wildman–Crippen LogP) is 2.05. The van der Waals surface area contributed by atoms with Gasteiger partial charge in [-0.25, -0.2) is 0 Å². The highest BCUT2D eigenvalue weighted by Crippen LogP contribution is 2.22. The highest BCUT2D eigenvalue weighted by molar-refractivity contribution is 5.69. The molecule has 0 aliphatic carbocycles. The molecule has 146 valence electrons. The SMILES string of the molecule is CCC(=O)OC(C(O)OC#CC(C)(C)C)C(O)C(O)C(C)CC(C)C. The van der Waals surface area contributed by atoms with E-state index in [4.69, 9.17) is 9.47 Å². The van der Waals surface area contributed by atoms with Crippen LogP contribution in [0.25, 0.3) is 0 Å². The molecule has 6 nitrogen and oxygen atoms in total. The van der Waals surface area contributed by atoms with E-state index in [1.165, 1.54) is 0 Å². The van der Waals surface area contributed by atoms with Gasteiger partial charge in [-0.15, -0.1) is 0 Å². The molecule has 0 heterocycles. The first-order valence-corrected chi connectivity index (χ1v) is 8.80. The van der Waals surface area contributed by atoms with E-state index in [-0.39, 0.29) is 17.8 Å². The average molecular weight is 358 g/mol. The summed E-state index contributed by atoms with van der Waals surface area (Å²) in [5.41, 5.74) is -0.334. The predicted molar refractivity (Wildman–Crippen MR) is 95.1 cm³/mol. The third-order valence-corrected chi connectivity index (χ3v) is 3.56. The molecule has 0 saturated carbocycles. The highest BCUT2D eigenvalue weighted by atomic mass is 16.6. The Morgan fingerprint density at radius 3 is 2.08 bits per heavy atom. The summed E-state index contributed by atoms with van der Waals surface area (Å²) in [7, 11) is 0. The Labute approximate surface area is 151 Å². The second-order valence-corrected chi connectivity index (χ2v) is 7.88. The second kappa shape index (κ2) is 10.6. The van der Waals surface area contributed by atoms with Gasteiger partial charge in [0.15, 0.2) is 6.10 Å². The molecule has 0 bridgehead atoms. The van der Waals surface area contributed by atoms with E-state index in [9.17, 15) is 20.1 Å². The number of rotatable bonds is 9. The van der Waals surface area contributed by atoms with Crippen molar-refractivity contribution in [1.29, 1.82) is 0 Å². The summed E-state index contributed by atoms with van der Waals surface area (Å²) in [4.78, 5) is 11.6. The van der Waals surface area contributed by atoms with Crippen LogP contribution in [0.4, 0.5) is 0 Å². The number of aliphatic hydroxyl groups excluding tert-OH is 3. The summed E-state index contributed by atoms with van der Waals surface area (Å²) in [5, 5.41) is 30.9. The highest BCUT2D eigenvalue weighted by Gasteiger charge is 2.38. The van der Waals surface area contributed by atoms with Gasteiger partial charge in [-0.2, -0.15) is 0 Å². The first-order chi connectivity index (χ1) is 11.4. The zero-order valence-corrected chi connectivity index (χ0v) is 16.4. The summed E-state index contributed by atoms with van der Waals surface area (Å²) < 4.78 is 10.1. The molecule has 0 aromatic carbocycles. The van der Waals surface area contributed by atoms with Crippen LogP contribution in [-0.2, 0) is 14.3 Å². The fourth-order valence-electron chi connectivity index (χ4n) is 2.26. The summed E-state index contributed by atoms with van der Waals surface area (Å²) >= 11 is 0. The van der Waals surface area contributed by atoms with Crippen LogP contribution >= 0.6 is 0 Å².